The number of isocyanates is 1. The highest BCUT2D eigenvalue weighted by Crippen LogP contribution is 2.45. The van der Waals surface area contributed by atoms with Crippen molar-refractivity contribution in [3.63, 3.8) is 0 Å². The molecule has 0 aliphatic heterocycles. The number of hydrogen-bond donors (Lipinski definition) is 0. The molecule has 0 aromatic heterocycles. The molecule has 2 unspecified atom stereocenters. The zero-order chi connectivity index (χ0) is 12.2. The molecule has 1 rings (SSSR count). The summed E-state index contributed by atoms with van der Waals surface area (Å²) in [5, 5.41) is 8.40. The maximum Gasteiger partial charge on any atom is 0.286 e. The quantitative estimate of drug-likeness (QED) is 0.418. The van der Waals surface area contributed by atoms with Crippen LogP contribution < -0.4 is 0 Å². The van der Waals surface area contributed by atoms with E-state index in [1.807, 2.05) is 6.92 Å². The Balaban J connectivity index is 2.77. The number of carbonyl (C=O) groups excluding carboxylic acids is 1. The third-order valence-corrected chi connectivity index (χ3v) is 3.13. The van der Waals surface area contributed by atoms with Crippen LogP contribution in [0.4, 0.5) is 0 Å². The van der Waals surface area contributed by atoms with Gasteiger partial charge in [0.25, 0.3) is 6.26 Å². The first-order valence-electron chi connectivity index (χ1n) is 5.51. The maximum absolute atomic E-state index is 10.4. The molecule has 0 bridgehead atoms. The van der Waals surface area contributed by atoms with Crippen molar-refractivity contribution in [2.75, 3.05) is 6.61 Å². The van der Waals surface area contributed by atoms with Gasteiger partial charge in [-0.15, -0.1) is 0 Å². The Morgan fingerprint density at radius 3 is 2.69 bits per heavy atom. The molecule has 0 heterocycles. The van der Waals surface area contributed by atoms with E-state index in [2.05, 4.69) is 18.8 Å². The molecule has 1 aliphatic rings. The molecule has 0 amide bonds. The third kappa shape index (κ3) is 3.36. The lowest BCUT2D eigenvalue weighted by atomic mass is 9.65. The molecule has 0 spiro atoms. The summed E-state index contributed by atoms with van der Waals surface area (Å²) in [6.07, 6.45) is 6.01. The first-order chi connectivity index (χ1) is 7.41. The minimum absolute atomic E-state index is 0.122. The summed E-state index contributed by atoms with van der Waals surface area (Å²) in [4.78, 5) is 14.4. The zero-order valence-electron chi connectivity index (χ0n) is 10.1. The van der Waals surface area contributed by atoms with E-state index in [9.17, 15) is 4.79 Å². The summed E-state index contributed by atoms with van der Waals surface area (Å²) in [5.74, 6) is 0.283. The molecular formula is C12H18N2O2. The van der Waals surface area contributed by atoms with Crippen LogP contribution in [-0.4, -0.2) is 18.2 Å². The highest BCUT2D eigenvalue weighted by atomic mass is 16.5. The normalized spacial score (nSPS) is 32.2. The van der Waals surface area contributed by atoms with Gasteiger partial charge in [-0.25, -0.2) is 4.79 Å². The minimum atomic E-state index is -0.354. The topological polar surface area (TPSA) is 62.4 Å². The summed E-state index contributed by atoms with van der Waals surface area (Å²) >= 11 is 0. The molecule has 0 aromatic rings. The average Bonchev–Trinajstić information content (AvgIpc) is 2.11. The highest BCUT2D eigenvalue weighted by Gasteiger charge is 2.41. The predicted molar refractivity (Wildman–Crippen MR) is 59.2 cm³/mol. The number of nitrogens with zero attached hydrogens (tertiary/aromatic N) is 2. The number of aliphatic imine (C=N–C) groups is 1. The number of nitriles is 1. The van der Waals surface area contributed by atoms with Gasteiger partial charge in [-0.3, -0.25) is 0 Å². The Kier molecular flexibility index (Phi) is 3.72. The van der Waals surface area contributed by atoms with Crippen molar-refractivity contribution in [2.24, 2.45) is 16.3 Å². The summed E-state index contributed by atoms with van der Waals surface area (Å²) in [5.41, 5.74) is -0.232. The number of ether oxygens (including phenoxy) is 1. The molecule has 0 saturated heterocycles. The minimum Gasteiger partial charge on any atom is -0.427 e. The Morgan fingerprint density at radius 1 is 1.44 bits per heavy atom. The van der Waals surface area contributed by atoms with E-state index in [0.717, 1.165) is 19.3 Å². The van der Waals surface area contributed by atoms with Crippen molar-refractivity contribution in [1.82, 2.24) is 0 Å². The molecule has 88 valence electrons. The molecule has 1 aliphatic carbocycles. The van der Waals surface area contributed by atoms with Crippen LogP contribution >= 0.6 is 0 Å². The van der Waals surface area contributed by atoms with Crippen LogP contribution in [0.3, 0.4) is 0 Å². The zero-order valence-corrected chi connectivity index (χ0v) is 10.1. The van der Waals surface area contributed by atoms with Gasteiger partial charge in [-0.1, -0.05) is 13.8 Å². The third-order valence-electron chi connectivity index (χ3n) is 3.13. The van der Waals surface area contributed by atoms with E-state index >= 15 is 0 Å². The van der Waals surface area contributed by atoms with Crippen molar-refractivity contribution in [2.45, 2.75) is 45.6 Å². The van der Waals surface area contributed by atoms with Crippen LogP contribution in [0, 0.1) is 22.9 Å². The average molecular weight is 222 g/mol. The molecule has 4 heteroatoms. The van der Waals surface area contributed by atoms with Gasteiger partial charge in [0, 0.05) is 0 Å². The van der Waals surface area contributed by atoms with Crippen molar-refractivity contribution in [1.29, 1.82) is 5.26 Å². The highest BCUT2D eigenvalue weighted by molar-refractivity contribution is 5.35. The van der Waals surface area contributed by atoms with Crippen LogP contribution in [0.5, 0.6) is 0 Å². The van der Waals surface area contributed by atoms with Gasteiger partial charge in [-0.05, 0) is 37.5 Å². The Hall–Kier alpha value is -1.33. The SMILES string of the molecule is CC1(C)CC(COC#N)CC(C)(N=C=O)C1. The van der Waals surface area contributed by atoms with E-state index in [4.69, 9.17) is 10.00 Å². The molecule has 2 atom stereocenters. The van der Waals surface area contributed by atoms with Gasteiger partial charge in [0.1, 0.15) is 6.61 Å². The van der Waals surface area contributed by atoms with Crippen LogP contribution in [0.25, 0.3) is 0 Å². The van der Waals surface area contributed by atoms with E-state index in [-0.39, 0.29) is 16.9 Å². The second-order valence-electron chi connectivity index (χ2n) is 5.72. The van der Waals surface area contributed by atoms with Crippen molar-refractivity contribution in [3.8, 4) is 6.26 Å². The smallest absolute Gasteiger partial charge is 0.286 e. The van der Waals surface area contributed by atoms with E-state index in [1.54, 1.807) is 12.3 Å². The number of rotatable bonds is 3. The molecule has 0 radical (unpaired) electrons. The van der Waals surface area contributed by atoms with Gasteiger partial charge in [0.2, 0.25) is 6.08 Å². The van der Waals surface area contributed by atoms with Gasteiger partial charge in [-0.2, -0.15) is 10.3 Å². The Labute approximate surface area is 96.3 Å². The fourth-order valence-corrected chi connectivity index (χ4v) is 3.12. The molecule has 0 N–H and O–H groups in total. The van der Waals surface area contributed by atoms with Gasteiger partial charge in [0.15, 0.2) is 0 Å². The molecule has 1 saturated carbocycles. The molecule has 16 heavy (non-hydrogen) atoms. The standard InChI is InChI=1S/C12H18N2O2/c1-11(2)4-10(6-16-8-13)5-12(3,7-11)14-9-15/h10H,4-7H2,1-3H3. The van der Waals surface area contributed by atoms with Crippen LogP contribution in [0.1, 0.15) is 40.0 Å². The second kappa shape index (κ2) is 4.67. The lowest BCUT2D eigenvalue weighted by Crippen LogP contribution is -2.40. The molecule has 0 aromatic carbocycles. The van der Waals surface area contributed by atoms with E-state index in [1.165, 1.54) is 0 Å². The molecular weight excluding hydrogens is 204 g/mol. The lowest BCUT2D eigenvalue weighted by molar-refractivity contribution is 0.0706. The van der Waals surface area contributed by atoms with E-state index in [0.29, 0.717) is 6.61 Å². The summed E-state index contributed by atoms with van der Waals surface area (Å²) in [6.45, 7) is 6.70. The Bertz CT molecular complexity index is 339. The Morgan fingerprint density at radius 2 is 2.12 bits per heavy atom. The summed E-state index contributed by atoms with van der Waals surface area (Å²) < 4.78 is 4.80. The van der Waals surface area contributed by atoms with Gasteiger partial charge in [0.05, 0.1) is 5.54 Å². The maximum atomic E-state index is 10.4. The summed E-state index contributed by atoms with van der Waals surface area (Å²) in [6, 6.07) is 0. The van der Waals surface area contributed by atoms with Gasteiger partial charge < -0.3 is 4.74 Å². The van der Waals surface area contributed by atoms with E-state index < -0.39 is 0 Å². The molecule has 1 fully saturated rings. The predicted octanol–water partition coefficient (Wildman–Crippen LogP) is 2.40. The second-order valence-corrected chi connectivity index (χ2v) is 5.72. The van der Waals surface area contributed by atoms with Crippen LogP contribution in [0.15, 0.2) is 4.99 Å². The fourth-order valence-electron chi connectivity index (χ4n) is 3.12. The summed E-state index contributed by atoms with van der Waals surface area (Å²) in [7, 11) is 0. The first kappa shape index (κ1) is 12.7. The monoisotopic (exact) mass is 222 g/mol. The van der Waals surface area contributed by atoms with Crippen molar-refractivity contribution >= 4 is 6.08 Å². The van der Waals surface area contributed by atoms with Crippen molar-refractivity contribution < 1.29 is 9.53 Å². The van der Waals surface area contributed by atoms with Gasteiger partial charge >= 0.3 is 0 Å². The lowest BCUT2D eigenvalue weighted by Gasteiger charge is -2.43. The van der Waals surface area contributed by atoms with Crippen LogP contribution in [0.2, 0.25) is 0 Å². The first-order valence-corrected chi connectivity index (χ1v) is 5.51. The van der Waals surface area contributed by atoms with Crippen molar-refractivity contribution in [3.05, 3.63) is 0 Å². The van der Waals surface area contributed by atoms with Crippen LogP contribution in [-0.2, 0) is 9.53 Å². The molecule has 4 nitrogen and oxygen atoms in total. The fraction of sp³-hybridized carbons (Fsp3) is 0.833. The number of hydrogen-bond acceptors (Lipinski definition) is 4. The largest absolute Gasteiger partial charge is 0.427 e.